The summed E-state index contributed by atoms with van der Waals surface area (Å²) in [7, 11) is -3.71. The summed E-state index contributed by atoms with van der Waals surface area (Å²) < 4.78 is 27.0. The van der Waals surface area contributed by atoms with Crippen LogP contribution in [-0.2, 0) is 10.0 Å². The van der Waals surface area contributed by atoms with Crippen LogP contribution in [0.1, 0.15) is 24.8 Å². The molecule has 1 aromatic carbocycles. The molecular formula is C14H22ClN3O4S. The van der Waals surface area contributed by atoms with E-state index in [4.69, 9.17) is 0 Å². The molecule has 0 amide bonds. The van der Waals surface area contributed by atoms with E-state index in [1.54, 1.807) is 6.92 Å². The third kappa shape index (κ3) is 5.42. The van der Waals surface area contributed by atoms with Crippen molar-refractivity contribution in [2.45, 2.75) is 31.1 Å². The zero-order chi connectivity index (χ0) is 16.2. The number of hydrogen-bond donors (Lipinski definition) is 2. The predicted octanol–water partition coefficient (Wildman–Crippen LogP) is 1.99. The molecule has 0 radical (unpaired) electrons. The van der Waals surface area contributed by atoms with E-state index in [0.717, 1.165) is 38.4 Å². The molecule has 1 atom stereocenters. The van der Waals surface area contributed by atoms with Gasteiger partial charge in [0.1, 0.15) is 0 Å². The van der Waals surface area contributed by atoms with Crippen LogP contribution in [-0.4, -0.2) is 33.0 Å². The summed E-state index contributed by atoms with van der Waals surface area (Å²) >= 11 is 0. The highest BCUT2D eigenvalue weighted by Gasteiger charge is 2.20. The lowest BCUT2D eigenvalue weighted by molar-refractivity contribution is -0.385. The van der Waals surface area contributed by atoms with Crippen LogP contribution in [0.5, 0.6) is 0 Å². The molecule has 1 unspecified atom stereocenters. The van der Waals surface area contributed by atoms with E-state index in [-0.39, 0.29) is 23.0 Å². The van der Waals surface area contributed by atoms with E-state index in [0.29, 0.717) is 18.0 Å². The van der Waals surface area contributed by atoms with Crippen LogP contribution >= 0.6 is 12.4 Å². The number of benzene rings is 1. The molecule has 0 saturated carbocycles. The number of halogens is 1. The first-order valence-corrected chi connectivity index (χ1v) is 8.84. The number of rotatable bonds is 6. The van der Waals surface area contributed by atoms with Gasteiger partial charge in [-0.3, -0.25) is 10.1 Å². The van der Waals surface area contributed by atoms with Crippen LogP contribution in [0.2, 0.25) is 0 Å². The summed E-state index contributed by atoms with van der Waals surface area (Å²) in [5, 5.41) is 14.2. The highest BCUT2D eigenvalue weighted by Crippen LogP contribution is 2.22. The molecule has 1 heterocycles. The Hall–Kier alpha value is -1.22. The number of aryl methyl sites for hydroxylation is 1. The molecule has 130 valence electrons. The summed E-state index contributed by atoms with van der Waals surface area (Å²) in [4.78, 5) is 10.3. The van der Waals surface area contributed by atoms with Gasteiger partial charge in [-0.05, 0) is 51.3 Å². The van der Waals surface area contributed by atoms with Crippen LogP contribution in [0, 0.1) is 23.0 Å². The van der Waals surface area contributed by atoms with Gasteiger partial charge < -0.3 is 5.32 Å². The van der Waals surface area contributed by atoms with E-state index < -0.39 is 14.9 Å². The highest BCUT2D eigenvalue weighted by molar-refractivity contribution is 7.89. The van der Waals surface area contributed by atoms with Crippen LogP contribution in [0.3, 0.4) is 0 Å². The van der Waals surface area contributed by atoms with Gasteiger partial charge in [0, 0.05) is 18.2 Å². The van der Waals surface area contributed by atoms with Crippen molar-refractivity contribution in [3.05, 3.63) is 33.9 Å². The fraction of sp³-hybridized carbons (Fsp3) is 0.571. The van der Waals surface area contributed by atoms with Crippen LogP contribution in [0.4, 0.5) is 5.69 Å². The van der Waals surface area contributed by atoms with Gasteiger partial charge in [0.2, 0.25) is 10.0 Å². The van der Waals surface area contributed by atoms with E-state index >= 15 is 0 Å². The molecule has 23 heavy (non-hydrogen) atoms. The summed E-state index contributed by atoms with van der Waals surface area (Å²) in [6.07, 6.45) is 2.98. The predicted molar refractivity (Wildman–Crippen MR) is 90.5 cm³/mol. The standard InChI is InChI=1S/C14H21N3O4S.ClH/c1-11-4-5-13(9-14(11)17(18)19)22(20,21)16-8-6-12-3-2-7-15-10-12;/h4-5,9,12,15-16H,2-3,6-8,10H2,1H3;1H. The number of piperidine rings is 1. The molecule has 2 N–H and O–H groups in total. The Morgan fingerprint density at radius 3 is 2.78 bits per heavy atom. The zero-order valence-corrected chi connectivity index (χ0v) is 14.6. The molecule has 0 bridgehead atoms. The average molecular weight is 364 g/mol. The van der Waals surface area contributed by atoms with Crippen molar-refractivity contribution in [1.29, 1.82) is 0 Å². The van der Waals surface area contributed by atoms with E-state index in [1.165, 1.54) is 12.1 Å². The van der Waals surface area contributed by atoms with E-state index in [2.05, 4.69) is 10.0 Å². The largest absolute Gasteiger partial charge is 0.316 e. The topological polar surface area (TPSA) is 101 Å². The Morgan fingerprint density at radius 1 is 1.43 bits per heavy atom. The zero-order valence-electron chi connectivity index (χ0n) is 12.9. The first-order valence-electron chi connectivity index (χ1n) is 7.35. The van der Waals surface area contributed by atoms with E-state index in [9.17, 15) is 18.5 Å². The molecule has 0 aliphatic carbocycles. The van der Waals surface area contributed by atoms with Crippen molar-refractivity contribution < 1.29 is 13.3 Å². The number of hydrogen-bond acceptors (Lipinski definition) is 5. The summed E-state index contributed by atoms with van der Waals surface area (Å²) in [5.74, 6) is 0.476. The van der Waals surface area contributed by atoms with Gasteiger partial charge in [-0.15, -0.1) is 12.4 Å². The molecule has 1 aliphatic heterocycles. The van der Waals surface area contributed by atoms with Crippen molar-refractivity contribution in [3.8, 4) is 0 Å². The lowest BCUT2D eigenvalue weighted by Crippen LogP contribution is -2.33. The molecule has 9 heteroatoms. The minimum Gasteiger partial charge on any atom is -0.316 e. The third-order valence-electron chi connectivity index (χ3n) is 3.93. The Balaban J connectivity index is 0.00000264. The van der Waals surface area contributed by atoms with Gasteiger partial charge in [0.05, 0.1) is 9.82 Å². The van der Waals surface area contributed by atoms with Gasteiger partial charge in [-0.1, -0.05) is 6.07 Å². The number of nitro groups is 1. The van der Waals surface area contributed by atoms with Gasteiger partial charge >= 0.3 is 0 Å². The Kier molecular flexibility index (Phi) is 7.40. The minimum absolute atomic E-state index is 0. The molecule has 0 aromatic heterocycles. The second-order valence-corrected chi connectivity index (χ2v) is 7.37. The fourth-order valence-electron chi connectivity index (χ4n) is 2.60. The smallest absolute Gasteiger partial charge is 0.273 e. The van der Waals surface area contributed by atoms with Crippen LogP contribution in [0.15, 0.2) is 23.1 Å². The maximum Gasteiger partial charge on any atom is 0.273 e. The van der Waals surface area contributed by atoms with Crippen molar-refractivity contribution in [1.82, 2.24) is 10.0 Å². The minimum atomic E-state index is -3.71. The second kappa shape index (κ2) is 8.58. The summed E-state index contributed by atoms with van der Waals surface area (Å²) in [5.41, 5.74) is 0.261. The highest BCUT2D eigenvalue weighted by atomic mass is 35.5. The van der Waals surface area contributed by atoms with Gasteiger partial charge in [-0.25, -0.2) is 13.1 Å². The lowest BCUT2D eigenvalue weighted by atomic mass is 9.96. The van der Waals surface area contributed by atoms with Crippen molar-refractivity contribution in [2.75, 3.05) is 19.6 Å². The Morgan fingerprint density at radius 2 is 2.17 bits per heavy atom. The average Bonchev–Trinajstić information content (AvgIpc) is 2.48. The molecule has 1 aliphatic rings. The van der Waals surface area contributed by atoms with Crippen molar-refractivity contribution >= 4 is 28.1 Å². The monoisotopic (exact) mass is 363 g/mol. The molecule has 2 rings (SSSR count). The maximum atomic E-state index is 12.2. The molecular weight excluding hydrogens is 342 g/mol. The second-order valence-electron chi connectivity index (χ2n) is 5.60. The van der Waals surface area contributed by atoms with Crippen molar-refractivity contribution in [3.63, 3.8) is 0 Å². The Bertz CT molecular complexity index is 645. The maximum absolute atomic E-state index is 12.2. The van der Waals surface area contributed by atoms with Gasteiger partial charge in [0.25, 0.3) is 5.69 Å². The molecule has 0 spiro atoms. The van der Waals surface area contributed by atoms with Crippen LogP contribution in [0.25, 0.3) is 0 Å². The molecule has 1 fully saturated rings. The fourth-order valence-corrected chi connectivity index (χ4v) is 3.67. The first-order chi connectivity index (χ1) is 10.4. The molecule has 7 nitrogen and oxygen atoms in total. The van der Waals surface area contributed by atoms with E-state index in [1.807, 2.05) is 0 Å². The quantitative estimate of drug-likeness (QED) is 0.594. The number of sulfonamides is 1. The molecule has 1 saturated heterocycles. The number of nitrogens with zero attached hydrogens (tertiary/aromatic N) is 1. The Labute approximate surface area is 142 Å². The number of nitrogens with one attached hydrogen (secondary N) is 2. The summed E-state index contributed by atoms with van der Waals surface area (Å²) in [6.45, 7) is 3.86. The SMILES string of the molecule is Cc1ccc(S(=O)(=O)NCCC2CCCNC2)cc1[N+](=O)[O-].Cl. The lowest BCUT2D eigenvalue weighted by Gasteiger charge is -2.22. The first kappa shape index (κ1) is 19.8. The van der Waals surface area contributed by atoms with Gasteiger partial charge in [0.15, 0.2) is 0 Å². The van der Waals surface area contributed by atoms with Crippen molar-refractivity contribution in [2.24, 2.45) is 5.92 Å². The van der Waals surface area contributed by atoms with Gasteiger partial charge in [-0.2, -0.15) is 0 Å². The molecule has 1 aromatic rings. The third-order valence-corrected chi connectivity index (χ3v) is 5.39. The number of nitro benzene ring substituents is 1. The normalized spacial score (nSPS) is 18.2. The van der Waals surface area contributed by atoms with Crippen LogP contribution < -0.4 is 10.0 Å². The summed E-state index contributed by atoms with van der Waals surface area (Å²) in [6, 6.07) is 3.96.